The molecule has 1 aliphatic heterocycles. The number of carbonyl (C=O) groups excluding carboxylic acids is 2. The predicted molar refractivity (Wildman–Crippen MR) is 98.0 cm³/mol. The molecule has 1 unspecified atom stereocenters. The van der Waals surface area contributed by atoms with Crippen LogP contribution < -0.4 is 10.6 Å². The van der Waals surface area contributed by atoms with Gasteiger partial charge in [0.25, 0.3) is 0 Å². The molecule has 2 aromatic rings. The van der Waals surface area contributed by atoms with E-state index in [4.69, 9.17) is 11.6 Å². The SMILES string of the molecule is C[C@@H]1C(=O)NCCN1C(=O)NC(c1ccc(Cl)cc1)c1ccnc(C(F)(F)F)n1. The molecule has 2 atom stereocenters. The summed E-state index contributed by atoms with van der Waals surface area (Å²) in [5.74, 6) is -1.62. The molecule has 29 heavy (non-hydrogen) atoms. The van der Waals surface area contributed by atoms with Crippen LogP contribution in [0.2, 0.25) is 5.02 Å². The van der Waals surface area contributed by atoms with Crippen LogP contribution in [0.3, 0.4) is 0 Å². The van der Waals surface area contributed by atoms with E-state index < -0.39 is 30.1 Å². The number of urea groups is 1. The first kappa shape index (κ1) is 20.8. The summed E-state index contributed by atoms with van der Waals surface area (Å²) >= 11 is 5.90. The number of aromatic nitrogens is 2. The summed E-state index contributed by atoms with van der Waals surface area (Å²) in [5.41, 5.74) is 0.431. The van der Waals surface area contributed by atoms with Gasteiger partial charge < -0.3 is 15.5 Å². The number of alkyl halides is 3. The third-order valence-electron chi connectivity index (χ3n) is 4.46. The molecule has 0 saturated carbocycles. The van der Waals surface area contributed by atoms with Gasteiger partial charge in [-0.1, -0.05) is 23.7 Å². The van der Waals surface area contributed by atoms with Crippen molar-refractivity contribution in [3.63, 3.8) is 0 Å². The zero-order valence-corrected chi connectivity index (χ0v) is 16.0. The van der Waals surface area contributed by atoms with Crippen LogP contribution in [0.15, 0.2) is 36.5 Å². The number of carbonyl (C=O) groups is 2. The number of nitrogens with one attached hydrogen (secondary N) is 2. The Balaban J connectivity index is 1.95. The maximum absolute atomic E-state index is 13.1. The van der Waals surface area contributed by atoms with Gasteiger partial charge in [-0.15, -0.1) is 0 Å². The van der Waals surface area contributed by atoms with Crippen molar-refractivity contribution in [2.75, 3.05) is 13.1 Å². The summed E-state index contributed by atoms with van der Waals surface area (Å²) in [6, 6.07) is 5.24. The van der Waals surface area contributed by atoms with E-state index >= 15 is 0 Å². The maximum Gasteiger partial charge on any atom is 0.451 e. The van der Waals surface area contributed by atoms with Gasteiger partial charge in [0.1, 0.15) is 6.04 Å². The van der Waals surface area contributed by atoms with Crippen LogP contribution in [0, 0.1) is 0 Å². The normalized spacial score (nSPS) is 18.2. The quantitative estimate of drug-likeness (QED) is 0.788. The molecule has 154 valence electrons. The zero-order chi connectivity index (χ0) is 21.2. The van der Waals surface area contributed by atoms with Crippen molar-refractivity contribution in [2.45, 2.75) is 25.2 Å². The fourth-order valence-electron chi connectivity index (χ4n) is 2.92. The summed E-state index contributed by atoms with van der Waals surface area (Å²) in [4.78, 5) is 32.8. The first-order valence-electron chi connectivity index (χ1n) is 8.67. The number of amides is 3. The standard InChI is InChI=1S/C18H17ClF3N5O2/c1-10-15(28)23-8-9-27(10)17(29)26-14(11-2-4-12(19)5-3-11)13-6-7-24-16(25-13)18(20,21)22/h2-7,10,14H,8-9H2,1H3,(H,23,28)(H,26,29)/t10-,14?/m1/s1. The van der Waals surface area contributed by atoms with Gasteiger partial charge in [0.15, 0.2) is 0 Å². The Bertz CT molecular complexity index is 907. The molecule has 1 aromatic heterocycles. The molecule has 0 radical (unpaired) electrons. The molecule has 0 spiro atoms. The lowest BCUT2D eigenvalue weighted by molar-refractivity contribution is -0.145. The maximum atomic E-state index is 13.1. The Morgan fingerprint density at radius 2 is 2.00 bits per heavy atom. The highest BCUT2D eigenvalue weighted by atomic mass is 35.5. The van der Waals surface area contributed by atoms with Crippen molar-refractivity contribution in [3.05, 3.63) is 58.6 Å². The number of rotatable bonds is 3. The lowest BCUT2D eigenvalue weighted by atomic mass is 10.0. The molecule has 1 aliphatic rings. The summed E-state index contributed by atoms with van der Waals surface area (Å²) in [7, 11) is 0. The number of benzene rings is 1. The Kier molecular flexibility index (Phi) is 5.92. The van der Waals surface area contributed by atoms with E-state index in [1.54, 1.807) is 31.2 Å². The molecule has 0 aliphatic carbocycles. The van der Waals surface area contributed by atoms with E-state index in [0.29, 0.717) is 10.6 Å². The van der Waals surface area contributed by atoms with Crippen molar-refractivity contribution in [1.29, 1.82) is 0 Å². The van der Waals surface area contributed by atoms with Gasteiger partial charge >= 0.3 is 12.2 Å². The van der Waals surface area contributed by atoms with Crippen LogP contribution in [-0.2, 0) is 11.0 Å². The van der Waals surface area contributed by atoms with Crippen molar-refractivity contribution < 1.29 is 22.8 Å². The van der Waals surface area contributed by atoms with Crippen molar-refractivity contribution in [3.8, 4) is 0 Å². The second-order valence-electron chi connectivity index (χ2n) is 6.40. The number of hydrogen-bond acceptors (Lipinski definition) is 4. The van der Waals surface area contributed by atoms with E-state index in [2.05, 4.69) is 20.6 Å². The van der Waals surface area contributed by atoms with Gasteiger partial charge in [0, 0.05) is 24.3 Å². The third kappa shape index (κ3) is 4.76. The molecule has 3 amide bonds. The molecule has 11 heteroatoms. The fraction of sp³-hybridized carbons (Fsp3) is 0.333. The average Bonchev–Trinajstić information content (AvgIpc) is 2.68. The van der Waals surface area contributed by atoms with Gasteiger partial charge in [0.05, 0.1) is 11.7 Å². The van der Waals surface area contributed by atoms with Gasteiger partial charge in [0.2, 0.25) is 11.7 Å². The average molecular weight is 428 g/mol. The van der Waals surface area contributed by atoms with Crippen LogP contribution in [0.4, 0.5) is 18.0 Å². The van der Waals surface area contributed by atoms with Crippen molar-refractivity contribution in [1.82, 2.24) is 25.5 Å². The molecule has 2 N–H and O–H groups in total. The lowest BCUT2D eigenvalue weighted by Gasteiger charge is -2.34. The molecular formula is C18H17ClF3N5O2. The van der Waals surface area contributed by atoms with Gasteiger partial charge in [-0.2, -0.15) is 13.2 Å². The molecule has 1 fully saturated rings. The Morgan fingerprint density at radius 1 is 1.31 bits per heavy atom. The van der Waals surface area contributed by atoms with Gasteiger partial charge in [-0.25, -0.2) is 14.8 Å². The number of nitrogens with zero attached hydrogens (tertiary/aromatic N) is 3. The Labute approximate surface area is 169 Å². The van der Waals surface area contributed by atoms with Crippen LogP contribution >= 0.6 is 11.6 Å². The second-order valence-corrected chi connectivity index (χ2v) is 6.83. The first-order valence-corrected chi connectivity index (χ1v) is 9.05. The summed E-state index contributed by atoms with van der Waals surface area (Å²) < 4.78 is 39.2. The summed E-state index contributed by atoms with van der Waals surface area (Å²) in [6.45, 7) is 2.12. The van der Waals surface area contributed by atoms with Crippen LogP contribution in [0.1, 0.15) is 30.0 Å². The number of piperazine rings is 1. The molecule has 2 heterocycles. The van der Waals surface area contributed by atoms with E-state index in [0.717, 1.165) is 6.20 Å². The molecular weight excluding hydrogens is 411 g/mol. The first-order chi connectivity index (χ1) is 13.7. The Morgan fingerprint density at radius 3 is 2.66 bits per heavy atom. The van der Waals surface area contributed by atoms with Crippen LogP contribution in [-0.4, -0.2) is 45.9 Å². The highest BCUT2D eigenvalue weighted by Crippen LogP contribution is 2.28. The minimum Gasteiger partial charge on any atom is -0.353 e. The number of hydrogen-bond donors (Lipinski definition) is 2. The summed E-state index contributed by atoms with van der Waals surface area (Å²) in [5, 5.41) is 5.75. The molecule has 1 saturated heterocycles. The van der Waals surface area contributed by atoms with E-state index in [1.807, 2.05) is 0 Å². The topological polar surface area (TPSA) is 87.2 Å². The highest BCUT2D eigenvalue weighted by molar-refractivity contribution is 6.30. The van der Waals surface area contributed by atoms with E-state index in [9.17, 15) is 22.8 Å². The smallest absolute Gasteiger partial charge is 0.353 e. The molecule has 1 aromatic carbocycles. The minimum absolute atomic E-state index is 0.0443. The minimum atomic E-state index is -4.73. The molecule has 0 bridgehead atoms. The van der Waals surface area contributed by atoms with Gasteiger partial charge in [-0.05, 0) is 30.7 Å². The van der Waals surface area contributed by atoms with Crippen LogP contribution in [0.5, 0.6) is 0 Å². The lowest BCUT2D eigenvalue weighted by Crippen LogP contribution is -2.58. The largest absolute Gasteiger partial charge is 0.451 e. The van der Waals surface area contributed by atoms with Crippen molar-refractivity contribution >= 4 is 23.5 Å². The molecule has 7 nitrogen and oxygen atoms in total. The monoisotopic (exact) mass is 427 g/mol. The van der Waals surface area contributed by atoms with E-state index in [-0.39, 0.29) is 24.7 Å². The Hall–Kier alpha value is -2.88. The predicted octanol–water partition coefficient (Wildman–Crippen LogP) is 2.77. The second kappa shape index (κ2) is 8.24. The number of halogens is 4. The van der Waals surface area contributed by atoms with Crippen molar-refractivity contribution in [2.24, 2.45) is 0 Å². The third-order valence-corrected chi connectivity index (χ3v) is 4.71. The highest BCUT2D eigenvalue weighted by Gasteiger charge is 2.36. The fourth-order valence-corrected chi connectivity index (χ4v) is 3.05. The summed E-state index contributed by atoms with van der Waals surface area (Å²) in [6.07, 6.45) is -3.75. The van der Waals surface area contributed by atoms with E-state index in [1.165, 1.54) is 11.0 Å². The molecule has 3 rings (SSSR count). The zero-order valence-electron chi connectivity index (χ0n) is 15.2. The van der Waals surface area contributed by atoms with Crippen LogP contribution in [0.25, 0.3) is 0 Å². The van der Waals surface area contributed by atoms with Gasteiger partial charge in [-0.3, -0.25) is 4.79 Å².